The molecular formula is C18H24N2O. The minimum absolute atomic E-state index is 0.509. The molecule has 0 spiro atoms. The van der Waals surface area contributed by atoms with Crippen LogP contribution in [0, 0.1) is 6.92 Å². The van der Waals surface area contributed by atoms with Gasteiger partial charge in [0, 0.05) is 12.7 Å². The standard InChI is InChI=1S/C18H24N2O/c1-5-19-18-10-15(8-9-20-18)12-21-17-11-16(13(2)3)7-6-14(17)4/h6-11,13H,5,12H2,1-4H3,(H,19,20). The van der Waals surface area contributed by atoms with Gasteiger partial charge in [-0.25, -0.2) is 4.98 Å². The van der Waals surface area contributed by atoms with Crippen molar-refractivity contribution in [2.24, 2.45) is 0 Å². The van der Waals surface area contributed by atoms with Crippen LogP contribution in [0.25, 0.3) is 0 Å². The second-order valence-corrected chi connectivity index (χ2v) is 5.55. The Balaban J connectivity index is 2.09. The number of nitrogens with one attached hydrogen (secondary N) is 1. The summed E-state index contributed by atoms with van der Waals surface area (Å²) in [5, 5.41) is 3.21. The fourth-order valence-corrected chi connectivity index (χ4v) is 2.13. The van der Waals surface area contributed by atoms with E-state index in [0.717, 1.165) is 23.7 Å². The molecule has 21 heavy (non-hydrogen) atoms. The molecular weight excluding hydrogens is 260 g/mol. The average Bonchev–Trinajstić information content (AvgIpc) is 2.47. The number of aryl methyl sites for hydroxylation is 1. The van der Waals surface area contributed by atoms with Gasteiger partial charge in [0.15, 0.2) is 0 Å². The van der Waals surface area contributed by atoms with E-state index < -0.39 is 0 Å². The van der Waals surface area contributed by atoms with Crippen LogP contribution in [-0.2, 0) is 6.61 Å². The lowest BCUT2D eigenvalue weighted by atomic mass is 10.0. The molecule has 0 aliphatic rings. The summed E-state index contributed by atoms with van der Waals surface area (Å²) in [7, 11) is 0. The molecule has 0 radical (unpaired) electrons. The van der Waals surface area contributed by atoms with Crippen molar-refractivity contribution in [3.63, 3.8) is 0 Å². The SMILES string of the molecule is CCNc1cc(COc2cc(C(C)C)ccc2C)ccn1. The van der Waals surface area contributed by atoms with Gasteiger partial charge >= 0.3 is 0 Å². The fraction of sp³-hybridized carbons (Fsp3) is 0.389. The Bertz CT molecular complexity index is 594. The maximum absolute atomic E-state index is 5.99. The van der Waals surface area contributed by atoms with E-state index in [1.807, 2.05) is 18.3 Å². The van der Waals surface area contributed by atoms with E-state index in [9.17, 15) is 0 Å². The molecule has 0 unspecified atom stereocenters. The van der Waals surface area contributed by atoms with Crippen LogP contribution in [0.4, 0.5) is 5.82 Å². The van der Waals surface area contributed by atoms with Gasteiger partial charge in [-0.15, -0.1) is 0 Å². The maximum Gasteiger partial charge on any atom is 0.126 e. The van der Waals surface area contributed by atoms with Crippen molar-refractivity contribution in [1.29, 1.82) is 0 Å². The van der Waals surface area contributed by atoms with Gasteiger partial charge < -0.3 is 10.1 Å². The lowest BCUT2D eigenvalue weighted by molar-refractivity contribution is 0.303. The van der Waals surface area contributed by atoms with Crippen LogP contribution in [-0.4, -0.2) is 11.5 Å². The van der Waals surface area contributed by atoms with E-state index in [4.69, 9.17) is 4.74 Å². The number of nitrogens with zero attached hydrogens (tertiary/aromatic N) is 1. The van der Waals surface area contributed by atoms with Gasteiger partial charge in [-0.2, -0.15) is 0 Å². The fourth-order valence-electron chi connectivity index (χ4n) is 2.13. The van der Waals surface area contributed by atoms with Crippen molar-refractivity contribution in [1.82, 2.24) is 4.98 Å². The summed E-state index contributed by atoms with van der Waals surface area (Å²) in [5.74, 6) is 2.36. The van der Waals surface area contributed by atoms with Crippen LogP contribution >= 0.6 is 0 Å². The predicted octanol–water partition coefficient (Wildman–Crippen LogP) is 4.52. The number of ether oxygens (including phenoxy) is 1. The highest BCUT2D eigenvalue weighted by atomic mass is 16.5. The summed E-state index contributed by atoms with van der Waals surface area (Å²) >= 11 is 0. The Kier molecular flexibility index (Phi) is 5.20. The molecule has 1 heterocycles. The molecule has 0 atom stereocenters. The van der Waals surface area contributed by atoms with E-state index >= 15 is 0 Å². The molecule has 1 aromatic carbocycles. The third-order valence-corrected chi connectivity index (χ3v) is 3.46. The van der Waals surface area contributed by atoms with E-state index in [2.05, 4.69) is 56.2 Å². The zero-order chi connectivity index (χ0) is 15.2. The van der Waals surface area contributed by atoms with E-state index in [1.54, 1.807) is 0 Å². The summed E-state index contributed by atoms with van der Waals surface area (Å²) in [6.45, 7) is 9.96. The minimum atomic E-state index is 0.509. The zero-order valence-electron chi connectivity index (χ0n) is 13.3. The molecule has 3 heteroatoms. The highest BCUT2D eigenvalue weighted by Gasteiger charge is 2.05. The normalized spacial score (nSPS) is 10.7. The van der Waals surface area contributed by atoms with Crippen LogP contribution in [0.1, 0.15) is 43.4 Å². The van der Waals surface area contributed by atoms with Crippen molar-refractivity contribution in [2.75, 3.05) is 11.9 Å². The van der Waals surface area contributed by atoms with Gasteiger partial charge in [0.05, 0.1) is 0 Å². The average molecular weight is 284 g/mol. The molecule has 0 aliphatic heterocycles. The molecule has 0 saturated carbocycles. The smallest absolute Gasteiger partial charge is 0.126 e. The Morgan fingerprint density at radius 3 is 2.71 bits per heavy atom. The predicted molar refractivity (Wildman–Crippen MR) is 88.0 cm³/mol. The Labute approximate surface area is 127 Å². The first-order chi connectivity index (χ1) is 10.1. The van der Waals surface area contributed by atoms with Crippen LogP contribution in [0.3, 0.4) is 0 Å². The number of rotatable bonds is 6. The third-order valence-electron chi connectivity index (χ3n) is 3.46. The number of aromatic nitrogens is 1. The van der Waals surface area contributed by atoms with Gasteiger partial charge in [-0.3, -0.25) is 0 Å². The van der Waals surface area contributed by atoms with Gasteiger partial charge in [0.1, 0.15) is 18.2 Å². The van der Waals surface area contributed by atoms with Gasteiger partial charge in [0.2, 0.25) is 0 Å². The highest BCUT2D eigenvalue weighted by Crippen LogP contribution is 2.25. The van der Waals surface area contributed by atoms with E-state index in [1.165, 1.54) is 11.1 Å². The first-order valence-corrected chi connectivity index (χ1v) is 7.52. The summed E-state index contributed by atoms with van der Waals surface area (Å²) in [6.07, 6.45) is 1.81. The topological polar surface area (TPSA) is 34.1 Å². The monoisotopic (exact) mass is 284 g/mol. The largest absolute Gasteiger partial charge is 0.489 e. The lowest BCUT2D eigenvalue weighted by Gasteiger charge is -2.13. The molecule has 0 amide bonds. The molecule has 0 aliphatic carbocycles. The summed E-state index contributed by atoms with van der Waals surface area (Å²) in [6, 6.07) is 10.5. The van der Waals surface area contributed by atoms with Crippen molar-refractivity contribution in [3.8, 4) is 5.75 Å². The van der Waals surface area contributed by atoms with E-state index in [0.29, 0.717) is 12.5 Å². The third kappa shape index (κ3) is 4.22. The Hall–Kier alpha value is -2.03. The van der Waals surface area contributed by atoms with Crippen molar-refractivity contribution >= 4 is 5.82 Å². The first kappa shape index (κ1) is 15.4. The Morgan fingerprint density at radius 2 is 2.00 bits per heavy atom. The van der Waals surface area contributed by atoms with Crippen LogP contribution in [0.15, 0.2) is 36.5 Å². The second-order valence-electron chi connectivity index (χ2n) is 5.55. The minimum Gasteiger partial charge on any atom is -0.489 e. The highest BCUT2D eigenvalue weighted by molar-refractivity contribution is 5.39. The molecule has 3 nitrogen and oxygen atoms in total. The lowest BCUT2D eigenvalue weighted by Crippen LogP contribution is -2.02. The van der Waals surface area contributed by atoms with Crippen molar-refractivity contribution < 1.29 is 4.74 Å². The maximum atomic E-state index is 5.99. The molecule has 1 N–H and O–H groups in total. The summed E-state index contributed by atoms with van der Waals surface area (Å²) < 4.78 is 5.99. The van der Waals surface area contributed by atoms with Crippen LogP contribution in [0.5, 0.6) is 5.75 Å². The van der Waals surface area contributed by atoms with Crippen LogP contribution < -0.4 is 10.1 Å². The first-order valence-electron chi connectivity index (χ1n) is 7.52. The van der Waals surface area contributed by atoms with Crippen molar-refractivity contribution in [2.45, 2.75) is 40.2 Å². The molecule has 0 saturated heterocycles. The quantitative estimate of drug-likeness (QED) is 0.846. The van der Waals surface area contributed by atoms with Gasteiger partial charge in [0.25, 0.3) is 0 Å². The molecule has 0 bridgehead atoms. The summed E-state index contributed by atoms with van der Waals surface area (Å²) in [4.78, 5) is 4.27. The molecule has 112 valence electrons. The number of pyridine rings is 1. The number of anilines is 1. The number of hydrogen-bond acceptors (Lipinski definition) is 3. The van der Waals surface area contributed by atoms with Gasteiger partial charge in [-0.05, 0) is 54.7 Å². The molecule has 2 rings (SSSR count). The van der Waals surface area contributed by atoms with Crippen molar-refractivity contribution in [3.05, 3.63) is 53.2 Å². The molecule has 0 fully saturated rings. The molecule has 2 aromatic rings. The van der Waals surface area contributed by atoms with E-state index in [-0.39, 0.29) is 0 Å². The molecule has 1 aromatic heterocycles. The van der Waals surface area contributed by atoms with Gasteiger partial charge in [-0.1, -0.05) is 26.0 Å². The van der Waals surface area contributed by atoms with Crippen LogP contribution in [0.2, 0.25) is 0 Å². The second kappa shape index (κ2) is 7.11. The zero-order valence-corrected chi connectivity index (χ0v) is 13.3. The Morgan fingerprint density at radius 1 is 1.19 bits per heavy atom. The number of hydrogen-bond donors (Lipinski definition) is 1. The summed E-state index contributed by atoms with van der Waals surface area (Å²) in [5.41, 5.74) is 3.59. The number of benzene rings is 1.